The van der Waals surface area contributed by atoms with Crippen molar-refractivity contribution in [2.75, 3.05) is 0 Å². The zero-order valence-electron chi connectivity index (χ0n) is 13.7. The van der Waals surface area contributed by atoms with E-state index >= 15 is 0 Å². The van der Waals surface area contributed by atoms with E-state index in [1.54, 1.807) is 0 Å². The summed E-state index contributed by atoms with van der Waals surface area (Å²) < 4.78 is 0. The van der Waals surface area contributed by atoms with Crippen molar-refractivity contribution in [2.45, 2.75) is 71.9 Å². The number of hydrogen-bond acceptors (Lipinski definition) is 1. The van der Waals surface area contributed by atoms with Crippen LogP contribution in [0.2, 0.25) is 0 Å². The third-order valence-electron chi connectivity index (χ3n) is 4.41. The Balaban J connectivity index is 1.87. The van der Waals surface area contributed by atoms with Crippen LogP contribution in [-0.4, -0.2) is 6.04 Å². The lowest BCUT2D eigenvalue weighted by Gasteiger charge is -2.24. The van der Waals surface area contributed by atoms with Crippen molar-refractivity contribution in [1.82, 2.24) is 5.32 Å². The molecule has 0 aromatic heterocycles. The molecule has 0 saturated heterocycles. The fraction of sp³-hybridized carbons (Fsp3) is 0.684. The monoisotopic (exact) mass is 273 g/mol. The molecule has 0 bridgehead atoms. The van der Waals surface area contributed by atoms with E-state index in [0.29, 0.717) is 12.1 Å². The van der Waals surface area contributed by atoms with E-state index in [-0.39, 0.29) is 0 Å². The fourth-order valence-corrected chi connectivity index (χ4v) is 2.93. The summed E-state index contributed by atoms with van der Waals surface area (Å²) in [6.45, 7) is 9.15. The number of aryl methyl sites for hydroxylation is 1. The molecule has 0 amide bonds. The number of nitrogens with one attached hydrogen (secondary N) is 1. The van der Waals surface area contributed by atoms with Crippen LogP contribution in [0, 0.1) is 18.8 Å². The van der Waals surface area contributed by atoms with Gasteiger partial charge in [0.2, 0.25) is 0 Å². The molecule has 0 aliphatic heterocycles. The molecule has 1 fully saturated rings. The molecule has 20 heavy (non-hydrogen) atoms. The molecule has 1 nitrogen and oxygen atoms in total. The van der Waals surface area contributed by atoms with Gasteiger partial charge >= 0.3 is 0 Å². The molecule has 2 atom stereocenters. The van der Waals surface area contributed by atoms with Gasteiger partial charge in [0.25, 0.3) is 0 Å². The third kappa shape index (κ3) is 4.94. The largest absolute Gasteiger partial charge is 0.307 e. The smallest absolute Gasteiger partial charge is 0.0350 e. The quantitative estimate of drug-likeness (QED) is 0.682. The lowest BCUT2D eigenvalue weighted by atomic mass is 9.98. The minimum absolute atomic E-state index is 0.574. The lowest BCUT2D eigenvalue weighted by molar-refractivity contribution is 0.386. The van der Waals surface area contributed by atoms with Gasteiger partial charge in [0.1, 0.15) is 0 Å². The Kier molecular flexibility index (Phi) is 5.65. The average Bonchev–Trinajstić information content (AvgIpc) is 3.21. The Labute approximate surface area is 125 Å². The van der Waals surface area contributed by atoms with Crippen molar-refractivity contribution in [1.29, 1.82) is 0 Å². The Hall–Kier alpha value is -0.820. The molecule has 112 valence electrons. The summed E-state index contributed by atoms with van der Waals surface area (Å²) in [5, 5.41) is 3.89. The third-order valence-corrected chi connectivity index (χ3v) is 4.41. The van der Waals surface area contributed by atoms with Crippen LogP contribution in [0.1, 0.15) is 70.0 Å². The number of hydrogen-bond donors (Lipinski definition) is 1. The van der Waals surface area contributed by atoms with Gasteiger partial charge in [0, 0.05) is 12.1 Å². The second-order valence-electron chi connectivity index (χ2n) is 7.12. The van der Waals surface area contributed by atoms with Gasteiger partial charge in [-0.3, -0.25) is 0 Å². The molecule has 0 radical (unpaired) electrons. The maximum absolute atomic E-state index is 3.89. The molecule has 2 rings (SSSR count). The van der Waals surface area contributed by atoms with Crippen LogP contribution in [-0.2, 0) is 0 Å². The Morgan fingerprint density at radius 2 is 1.70 bits per heavy atom. The summed E-state index contributed by atoms with van der Waals surface area (Å²) in [6.07, 6.45) is 6.78. The number of benzene rings is 1. The minimum atomic E-state index is 0.574. The molecule has 0 heterocycles. The van der Waals surface area contributed by atoms with Crippen LogP contribution in [0.25, 0.3) is 0 Å². The molecular weight excluding hydrogens is 242 g/mol. The van der Waals surface area contributed by atoms with Gasteiger partial charge in [-0.15, -0.1) is 0 Å². The van der Waals surface area contributed by atoms with Gasteiger partial charge in [-0.2, -0.15) is 0 Å². The summed E-state index contributed by atoms with van der Waals surface area (Å²) in [5.41, 5.74) is 2.84. The summed E-state index contributed by atoms with van der Waals surface area (Å²) >= 11 is 0. The van der Waals surface area contributed by atoms with Gasteiger partial charge < -0.3 is 5.32 Å². The highest BCUT2D eigenvalue weighted by molar-refractivity contribution is 5.25. The van der Waals surface area contributed by atoms with Gasteiger partial charge in [-0.05, 0) is 50.5 Å². The minimum Gasteiger partial charge on any atom is -0.307 e. The predicted molar refractivity (Wildman–Crippen MR) is 87.9 cm³/mol. The molecule has 1 aliphatic carbocycles. The van der Waals surface area contributed by atoms with Crippen LogP contribution in [0.15, 0.2) is 24.3 Å². The van der Waals surface area contributed by atoms with Gasteiger partial charge in [-0.25, -0.2) is 0 Å². The van der Waals surface area contributed by atoms with Crippen molar-refractivity contribution in [2.24, 2.45) is 11.8 Å². The SMILES string of the molecule is Cc1ccc(C(NC(C)CCCC(C)C)C2CC2)cc1. The highest BCUT2D eigenvalue weighted by atomic mass is 15.0. The molecule has 1 aromatic rings. The van der Waals surface area contributed by atoms with Gasteiger partial charge in [-0.1, -0.05) is 56.5 Å². The van der Waals surface area contributed by atoms with Crippen molar-refractivity contribution in [3.8, 4) is 0 Å². The predicted octanol–water partition coefficient (Wildman–Crippen LogP) is 5.25. The molecule has 0 spiro atoms. The Morgan fingerprint density at radius 1 is 1.05 bits per heavy atom. The van der Waals surface area contributed by atoms with Crippen LogP contribution in [0.3, 0.4) is 0 Å². The first-order valence-electron chi connectivity index (χ1n) is 8.39. The maximum Gasteiger partial charge on any atom is 0.0350 e. The second kappa shape index (κ2) is 7.26. The summed E-state index contributed by atoms with van der Waals surface area (Å²) in [7, 11) is 0. The fourth-order valence-electron chi connectivity index (χ4n) is 2.93. The summed E-state index contributed by atoms with van der Waals surface area (Å²) in [6, 6.07) is 10.3. The van der Waals surface area contributed by atoms with Gasteiger partial charge in [0.15, 0.2) is 0 Å². The first-order valence-corrected chi connectivity index (χ1v) is 8.39. The zero-order valence-corrected chi connectivity index (χ0v) is 13.7. The highest BCUT2D eigenvalue weighted by Gasteiger charge is 2.32. The first kappa shape index (κ1) is 15.6. The number of rotatable bonds is 8. The zero-order chi connectivity index (χ0) is 14.5. The van der Waals surface area contributed by atoms with Crippen LogP contribution < -0.4 is 5.32 Å². The second-order valence-corrected chi connectivity index (χ2v) is 7.12. The van der Waals surface area contributed by atoms with Gasteiger partial charge in [0.05, 0.1) is 0 Å². The topological polar surface area (TPSA) is 12.0 Å². The van der Waals surface area contributed by atoms with E-state index in [1.165, 1.54) is 43.2 Å². The lowest BCUT2D eigenvalue weighted by Crippen LogP contribution is -2.31. The maximum atomic E-state index is 3.89. The average molecular weight is 273 g/mol. The molecule has 1 N–H and O–H groups in total. The first-order chi connectivity index (χ1) is 9.56. The van der Waals surface area contributed by atoms with Crippen LogP contribution >= 0.6 is 0 Å². The standard InChI is InChI=1S/C19H31N/c1-14(2)6-5-7-16(4)20-19(18-12-13-18)17-10-8-15(3)9-11-17/h8-11,14,16,18-20H,5-7,12-13H2,1-4H3. The van der Waals surface area contributed by atoms with Crippen molar-refractivity contribution < 1.29 is 0 Å². The summed E-state index contributed by atoms with van der Waals surface area (Å²) in [4.78, 5) is 0. The van der Waals surface area contributed by atoms with E-state index < -0.39 is 0 Å². The van der Waals surface area contributed by atoms with E-state index in [4.69, 9.17) is 0 Å². The molecule has 2 unspecified atom stereocenters. The van der Waals surface area contributed by atoms with Crippen LogP contribution in [0.4, 0.5) is 0 Å². The molecule has 1 aromatic carbocycles. The van der Waals surface area contributed by atoms with E-state index in [0.717, 1.165) is 11.8 Å². The molecule has 1 heteroatoms. The normalized spacial score (nSPS) is 18.2. The van der Waals surface area contributed by atoms with Crippen LogP contribution in [0.5, 0.6) is 0 Å². The van der Waals surface area contributed by atoms with Crippen molar-refractivity contribution in [3.05, 3.63) is 35.4 Å². The summed E-state index contributed by atoms with van der Waals surface area (Å²) in [5.74, 6) is 1.70. The van der Waals surface area contributed by atoms with Crippen molar-refractivity contribution in [3.63, 3.8) is 0 Å². The molecular formula is C19H31N. The van der Waals surface area contributed by atoms with Crippen molar-refractivity contribution >= 4 is 0 Å². The molecule has 1 saturated carbocycles. The van der Waals surface area contributed by atoms with E-state index in [9.17, 15) is 0 Å². The molecule has 1 aliphatic rings. The van der Waals surface area contributed by atoms with E-state index in [1.807, 2.05) is 0 Å². The van der Waals surface area contributed by atoms with E-state index in [2.05, 4.69) is 57.3 Å². The Bertz CT molecular complexity index is 389. The Morgan fingerprint density at radius 3 is 2.25 bits per heavy atom. The highest BCUT2D eigenvalue weighted by Crippen LogP contribution is 2.41.